The first-order chi connectivity index (χ1) is 16.8. The lowest BCUT2D eigenvalue weighted by Gasteiger charge is -2.21. The smallest absolute Gasteiger partial charge is 0.258 e. The summed E-state index contributed by atoms with van der Waals surface area (Å²) in [7, 11) is 3.97. The molecular weight excluding hydrogens is 460 g/mol. The molecule has 1 aliphatic heterocycles. The number of amides is 1. The minimum atomic E-state index is -0.295. The van der Waals surface area contributed by atoms with E-state index in [9.17, 15) is 9.59 Å². The van der Waals surface area contributed by atoms with Gasteiger partial charge in [-0.25, -0.2) is 5.01 Å². The zero-order valence-corrected chi connectivity index (χ0v) is 20.5. The van der Waals surface area contributed by atoms with Gasteiger partial charge < -0.3 is 9.88 Å². The molecule has 0 radical (unpaired) electrons. The fourth-order valence-corrected chi connectivity index (χ4v) is 4.82. The van der Waals surface area contributed by atoms with Crippen molar-refractivity contribution in [2.24, 2.45) is 5.10 Å². The molecule has 1 aliphatic rings. The van der Waals surface area contributed by atoms with E-state index in [0.717, 1.165) is 27.8 Å². The number of nitrogens with zero attached hydrogens (tertiary/aromatic N) is 3. The second-order valence-electron chi connectivity index (χ2n) is 8.88. The number of carbonyl (C=O) groups excluding carboxylic acids is 1. The minimum Gasteiger partial charge on any atom is -0.378 e. The molecule has 0 unspecified atom stereocenters. The Balaban J connectivity index is 1.68. The first-order valence-electron chi connectivity index (χ1n) is 11.4. The minimum absolute atomic E-state index is 0.178. The largest absolute Gasteiger partial charge is 0.378 e. The standard InChI is InChI=1S/C28H25ClN4O2/c1-17(34)33-25(18-9-12-21(13-10-18)32(2)3)16-24(31-33)27-26(19-7-5-4-6-8-19)22-15-20(29)11-14-23(22)30-28(27)35/h4-15,25H,16H2,1-3H3,(H,30,35)/t25-/m0/s1. The quantitative estimate of drug-likeness (QED) is 0.409. The van der Waals surface area contributed by atoms with Gasteiger partial charge in [0.05, 0.1) is 17.3 Å². The average molecular weight is 485 g/mol. The molecule has 0 saturated carbocycles. The second-order valence-corrected chi connectivity index (χ2v) is 9.31. The Hall–Kier alpha value is -3.90. The van der Waals surface area contributed by atoms with E-state index < -0.39 is 0 Å². The summed E-state index contributed by atoms with van der Waals surface area (Å²) >= 11 is 6.35. The maximum absolute atomic E-state index is 13.5. The number of hydrazone groups is 1. The van der Waals surface area contributed by atoms with Crippen LogP contribution in [0, 0.1) is 0 Å². The van der Waals surface area contributed by atoms with Gasteiger partial charge in [0.25, 0.3) is 5.56 Å². The summed E-state index contributed by atoms with van der Waals surface area (Å²) in [5.41, 5.74) is 5.16. The first-order valence-corrected chi connectivity index (χ1v) is 11.8. The molecule has 7 heteroatoms. The van der Waals surface area contributed by atoms with Crippen LogP contribution in [-0.2, 0) is 4.79 Å². The highest BCUT2D eigenvalue weighted by Gasteiger charge is 2.34. The van der Waals surface area contributed by atoms with Crippen LogP contribution in [0.4, 0.5) is 5.69 Å². The summed E-state index contributed by atoms with van der Waals surface area (Å²) < 4.78 is 0. The van der Waals surface area contributed by atoms with Gasteiger partial charge in [0.1, 0.15) is 0 Å². The maximum Gasteiger partial charge on any atom is 0.258 e. The molecule has 5 rings (SSSR count). The second kappa shape index (κ2) is 9.04. The fourth-order valence-electron chi connectivity index (χ4n) is 4.65. The van der Waals surface area contributed by atoms with Crippen LogP contribution in [0.5, 0.6) is 0 Å². The summed E-state index contributed by atoms with van der Waals surface area (Å²) in [6.07, 6.45) is 0.426. The van der Waals surface area contributed by atoms with Crippen LogP contribution in [0.15, 0.2) is 82.7 Å². The van der Waals surface area contributed by atoms with Crippen molar-refractivity contribution in [2.75, 3.05) is 19.0 Å². The monoisotopic (exact) mass is 484 g/mol. The van der Waals surface area contributed by atoms with Crippen molar-refractivity contribution in [2.45, 2.75) is 19.4 Å². The third-order valence-corrected chi connectivity index (χ3v) is 6.59. The first kappa shape index (κ1) is 22.9. The molecule has 35 heavy (non-hydrogen) atoms. The molecule has 6 nitrogen and oxygen atoms in total. The van der Waals surface area contributed by atoms with Crippen molar-refractivity contribution in [3.8, 4) is 11.1 Å². The Morgan fingerprint density at radius 1 is 1.03 bits per heavy atom. The van der Waals surface area contributed by atoms with Crippen molar-refractivity contribution in [3.63, 3.8) is 0 Å². The lowest BCUT2D eigenvalue weighted by Crippen LogP contribution is -2.24. The van der Waals surface area contributed by atoms with Gasteiger partial charge in [0.15, 0.2) is 0 Å². The van der Waals surface area contributed by atoms with Crippen LogP contribution in [0.25, 0.3) is 22.0 Å². The molecule has 1 atom stereocenters. The van der Waals surface area contributed by atoms with Crippen LogP contribution in [-0.4, -0.2) is 35.7 Å². The molecule has 0 fully saturated rings. The number of rotatable bonds is 4. The third kappa shape index (κ3) is 4.21. The van der Waals surface area contributed by atoms with Gasteiger partial charge in [-0.05, 0) is 41.5 Å². The van der Waals surface area contributed by atoms with Crippen LogP contribution < -0.4 is 10.5 Å². The highest BCUT2D eigenvalue weighted by molar-refractivity contribution is 6.31. The number of hydrogen-bond acceptors (Lipinski definition) is 4. The molecule has 0 saturated heterocycles. The molecule has 2 heterocycles. The van der Waals surface area contributed by atoms with Gasteiger partial charge in [0.2, 0.25) is 5.91 Å². The number of benzene rings is 3. The Morgan fingerprint density at radius 2 is 1.74 bits per heavy atom. The topological polar surface area (TPSA) is 68.8 Å². The summed E-state index contributed by atoms with van der Waals surface area (Å²) in [6, 6.07) is 22.9. The average Bonchev–Trinajstić information content (AvgIpc) is 3.29. The maximum atomic E-state index is 13.5. The normalized spacial score (nSPS) is 15.4. The fraction of sp³-hybridized carbons (Fsp3) is 0.179. The van der Waals surface area contributed by atoms with E-state index in [1.54, 1.807) is 6.07 Å². The van der Waals surface area contributed by atoms with Gasteiger partial charge >= 0.3 is 0 Å². The van der Waals surface area contributed by atoms with Gasteiger partial charge in [-0.2, -0.15) is 5.10 Å². The lowest BCUT2D eigenvalue weighted by molar-refractivity contribution is -0.130. The number of carbonyl (C=O) groups is 1. The number of anilines is 1. The molecular formula is C28H25ClN4O2. The Kier molecular flexibility index (Phi) is 5.91. The van der Waals surface area contributed by atoms with E-state index in [4.69, 9.17) is 11.6 Å². The van der Waals surface area contributed by atoms with Gasteiger partial charge in [0, 0.05) is 54.6 Å². The van der Waals surface area contributed by atoms with Crippen LogP contribution in [0.3, 0.4) is 0 Å². The predicted molar refractivity (Wildman–Crippen MR) is 142 cm³/mol. The Labute approximate surface area is 208 Å². The summed E-state index contributed by atoms with van der Waals surface area (Å²) in [5.74, 6) is -0.178. The van der Waals surface area contributed by atoms with Crippen molar-refractivity contribution in [1.82, 2.24) is 9.99 Å². The number of hydrogen-bond donors (Lipinski definition) is 1. The van der Waals surface area contributed by atoms with E-state index in [0.29, 0.717) is 28.2 Å². The highest BCUT2D eigenvalue weighted by atomic mass is 35.5. The molecule has 0 aliphatic carbocycles. The molecule has 3 aromatic carbocycles. The zero-order chi connectivity index (χ0) is 24.7. The molecule has 0 spiro atoms. The number of pyridine rings is 1. The van der Waals surface area contributed by atoms with E-state index in [1.807, 2.05) is 85.7 Å². The van der Waals surface area contributed by atoms with Crippen molar-refractivity contribution >= 4 is 39.8 Å². The van der Waals surface area contributed by atoms with E-state index in [-0.39, 0.29) is 17.5 Å². The number of H-pyrrole nitrogens is 1. The zero-order valence-electron chi connectivity index (χ0n) is 19.7. The molecule has 0 bridgehead atoms. The Bertz CT molecular complexity index is 1510. The number of nitrogens with one attached hydrogen (secondary N) is 1. The molecule has 1 amide bonds. The van der Waals surface area contributed by atoms with Crippen molar-refractivity contribution in [3.05, 3.63) is 99.3 Å². The van der Waals surface area contributed by atoms with Crippen LogP contribution in [0.2, 0.25) is 5.02 Å². The van der Waals surface area contributed by atoms with Crippen molar-refractivity contribution in [1.29, 1.82) is 0 Å². The number of aromatic nitrogens is 1. The van der Waals surface area contributed by atoms with E-state index >= 15 is 0 Å². The van der Waals surface area contributed by atoms with E-state index in [1.165, 1.54) is 11.9 Å². The summed E-state index contributed by atoms with van der Waals surface area (Å²) in [6.45, 7) is 1.50. The Morgan fingerprint density at radius 3 is 2.40 bits per heavy atom. The summed E-state index contributed by atoms with van der Waals surface area (Å²) in [4.78, 5) is 31.1. The lowest BCUT2D eigenvalue weighted by atomic mass is 9.91. The van der Waals surface area contributed by atoms with Gasteiger partial charge in [-0.3, -0.25) is 9.59 Å². The third-order valence-electron chi connectivity index (χ3n) is 6.35. The van der Waals surface area contributed by atoms with Crippen LogP contribution >= 0.6 is 11.6 Å². The van der Waals surface area contributed by atoms with Gasteiger partial charge in [-0.1, -0.05) is 54.1 Å². The SMILES string of the molecule is CC(=O)N1N=C(c2c(-c3ccccc3)c3cc(Cl)ccc3[nH]c2=O)C[C@H]1c1ccc(N(C)C)cc1. The number of aromatic amines is 1. The molecule has 4 aromatic rings. The summed E-state index contributed by atoms with van der Waals surface area (Å²) in [5, 5.41) is 7.57. The molecule has 1 N–H and O–H groups in total. The number of halogens is 1. The van der Waals surface area contributed by atoms with Crippen molar-refractivity contribution < 1.29 is 4.79 Å². The molecule has 1 aromatic heterocycles. The predicted octanol–water partition coefficient (Wildman–Crippen LogP) is 5.61. The van der Waals surface area contributed by atoms with E-state index in [2.05, 4.69) is 10.1 Å². The molecule has 176 valence electrons. The number of fused-ring (bicyclic) bond motifs is 1. The highest BCUT2D eigenvalue weighted by Crippen LogP contribution is 2.37. The van der Waals surface area contributed by atoms with Gasteiger partial charge in [-0.15, -0.1) is 0 Å². The van der Waals surface area contributed by atoms with Crippen LogP contribution in [0.1, 0.15) is 30.5 Å².